The van der Waals surface area contributed by atoms with Crippen LogP contribution in [0, 0.1) is 27.7 Å². The fraction of sp³-hybridized carbons (Fsp3) is 0.278. The van der Waals surface area contributed by atoms with Gasteiger partial charge in [-0.2, -0.15) is 0 Å². The first kappa shape index (κ1) is 65.5. The molecule has 82 heavy (non-hydrogen) atoms. The van der Waals surface area contributed by atoms with Crippen molar-refractivity contribution in [1.29, 1.82) is 0 Å². The number of fused-ring (bicyclic) bond motifs is 3. The summed E-state index contributed by atoms with van der Waals surface area (Å²) in [5.74, 6) is 0.848. The van der Waals surface area contributed by atoms with E-state index in [2.05, 4.69) is 156 Å². The monoisotopic (exact) mass is 1180 g/mol. The van der Waals surface area contributed by atoms with Gasteiger partial charge in [0, 0.05) is 33.6 Å². The molecular formula is C72H78Co2N6O2-2. The molecule has 2 heterocycles. The van der Waals surface area contributed by atoms with E-state index < -0.39 is 11.5 Å². The Hall–Kier alpha value is -7.35. The molecule has 428 valence electrons. The number of nitrogens with zero attached hydrogens (tertiary/aromatic N) is 6. The van der Waals surface area contributed by atoms with Crippen LogP contribution in [0.15, 0.2) is 178 Å². The van der Waals surface area contributed by atoms with Crippen LogP contribution >= 0.6 is 0 Å². The molecule has 0 bridgehead atoms. The normalized spacial score (nSPS) is 12.0. The summed E-state index contributed by atoms with van der Waals surface area (Å²) in [6.45, 7) is 34.3. The Morgan fingerprint density at radius 2 is 0.512 bits per heavy atom. The van der Waals surface area contributed by atoms with E-state index in [1.165, 1.54) is 44.5 Å². The first-order valence-corrected chi connectivity index (χ1v) is 28.0. The fourth-order valence-corrected chi connectivity index (χ4v) is 9.85. The zero-order valence-corrected chi connectivity index (χ0v) is 52.6. The van der Waals surface area contributed by atoms with Crippen LogP contribution in [0.5, 0.6) is 11.5 Å². The van der Waals surface area contributed by atoms with Gasteiger partial charge in [-0.3, -0.25) is 20.0 Å². The van der Waals surface area contributed by atoms with Gasteiger partial charge in [-0.25, -0.2) is 9.97 Å². The molecule has 0 amide bonds. The van der Waals surface area contributed by atoms with E-state index in [1.54, 1.807) is 24.3 Å². The van der Waals surface area contributed by atoms with Gasteiger partial charge in [0.15, 0.2) is 0 Å². The summed E-state index contributed by atoms with van der Waals surface area (Å²) >= 11 is 0. The minimum Gasteiger partial charge on any atom is -0.872 e. The van der Waals surface area contributed by atoms with E-state index in [1.807, 2.05) is 88.4 Å². The molecular weight excluding hydrogens is 1100 g/mol. The number of aromatic nitrogens is 2. The van der Waals surface area contributed by atoms with Crippen LogP contribution in [-0.4, -0.2) is 32.8 Å². The largest absolute Gasteiger partial charge is 0.872 e. The Morgan fingerprint density at radius 1 is 0.305 bits per heavy atom. The van der Waals surface area contributed by atoms with Gasteiger partial charge in [-0.1, -0.05) is 189 Å². The molecule has 7 aromatic carbocycles. The molecule has 0 saturated heterocycles. The van der Waals surface area contributed by atoms with Gasteiger partial charge in [-0.15, -0.1) is 11.5 Å². The predicted octanol–water partition coefficient (Wildman–Crippen LogP) is 18.6. The van der Waals surface area contributed by atoms with Gasteiger partial charge in [0.2, 0.25) is 0 Å². The average Bonchev–Trinajstić information content (AvgIpc) is 3.65. The van der Waals surface area contributed by atoms with Gasteiger partial charge in [-0.05, 0) is 169 Å². The summed E-state index contributed by atoms with van der Waals surface area (Å²) in [6, 6.07) is 52.2. The Labute approximate surface area is 508 Å². The summed E-state index contributed by atoms with van der Waals surface area (Å²) in [7, 11) is 0. The third-order valence-electron chi connectivity index (χ3n) is 14.5. The molecule has 8 nitrogen and oxygen atoms in total. The molecule has 0 atom stereocenters. The Balaban J connectivity index is 0.000000234. The molecule has 2 aromatic heterocycles. The number of benzene rings is 7. The maximum absolute atomic E-state index is 11.8. The predicted molar refractivity (Wildman–Crippen MR) is 337 cm³/mol. The quantitative estimate of drug-likeness (QED) is 0.0893. The summed E-state index contributed by atoms with van der Waals surface area (Å²) in [4.78, 5) is 29.8. The van der Waals surface area contributed by atoms with Crippen LogP contribution in [0.3, 0.4) is 0 Å². The van der Waals surface area contributed by atoms with Crippen LogP contribution in [0.2, 0.25) is 0 Å². The van der Waals surface area contributed by atoms with Gasteiger partial charge >= 0.3 is 0 Å². The molecule has 0 aliphatic heterocycles. The van der Waals surface area contributed by atoms with Crippen molar-refractivity contribution in [2.75, 3.05) is 0 Å². The van der Waals surface area contributed by atoms with Crippen LogP contribution in [0.1, 0.15) is 174 Å². The van der Waals surface area contributed by atoms with E-state index in [-0.39, 0.29) is 33.6 Å². The van der Waals surface area contributed by atoms with Crippen molar-refractivity contribution in [2.24, 2.45) is 20.0 Å². The van der Waals surface area contributed by atoms with E-state index >= 15 is 0 Å². The maximum Gasteiger partial charge on any atom is 0.0849 e. The molecule has 0 unspecified atom stereocenters. The first-order chi connectivity index (χ1) is 38.2. The minimum atomic E-state index is -0.408. The molecule has 9 aromatic rings. The Bertz CT molecular complexity index is 3390. The van der Waals surface area contributed by atoms with Crippen molar-refractivity contribution >= 4 is 67.1 Å². The van der Waals surface area contributed by atoms with E-state index in [0.717, 1.165) is 79.1 Å². The summed E-state index contributed by atoms with van der Waals surface area (Å²) in [5.41, 5.74) is 21.2. The number of pyridine rings is 2. The van der Waals surface area contributed by atoms with E-state index in [9.17, 15) is 10.2 Å². The van der Waals surface area contributed by atoms with E-state index in [4.69, 9.17) is 29.9 Å². The van der Waals surface area contributed by atoms with Gasteiger partial charge < -0.3 is 10.2 Å². The molecule has 9 rings (SSSR count). The summed E-state index contributed by atoms with van der Waals surface area (Å²) < 4.78 is 0. The van der Waals surface area contributed by atoms with Crippen molar-refractivity contribution in [3.05, 3.63) is 225 Å². The van der Waals surface area contributed by atoms with Crippen LogP contribution in [0.25, 0.3) is 21.5 Å². The maximum atomic E-state index is 11.8. The van der Waals surface area contributed by atoms with Crippen LogP contribution in [0.4, 0.5) is 22.7 Å². The standard InChI is InChI=1S/2C29H35N3.C14H10O2.2Co/c2*1-18(2)24-14-9-12-20(5)28(24)30-22(7)26-16-11-17-27(32-26)23(8)31-29-21(6)13-10-15-25(29)19(3)4;15-13-11-7-3-1-5-9(11)10-6-2-4-8-12(10)14(13)16;;/h2*9-19H,1-8H3;1-8,15-16H;;/p-2. The van der Waals surface area contributed by atoms with Crippen molar-refractivity contribution in [2.45, 2.75) is 134 Å². The molecule has 2 radical (unpaired) electrons. The van der Waals surface area contributed by atoms with Gasteiger partial charge in [0.05, 0.1) is 68.4 Å². The zero-order valence-electron chi connectivity index (χ0n) is 50.5. The zero-order chi connectivity index (χ0) is 57.9. The topological polar surface area (TPSA) is 121 Å². The number of aliphatic imine (C=N–C) groups is 4. The second-order valence-electron chi connectivity index (χ2n) is 22.0. The SMILES string of the molecule is CC(=Nc1c(C)cccc1C(C)C)c1cccc(C(C)=Nc2c(C)cccc2C(C)C)n1.CC(=Nc1c(C)cccc1C(C)C)c1cccc(C(C)=Nc2c(C)cccc2C(C)C)n1.[Co].[Co].[O-]c1c([O-])c2ccccc2c2ccccc12. The van der Waals surface area contributed by atoms with Gasteiger partial charge in [0.25, 0.3) is 0 Å². The first-order valence-electron chi connectivity index (χ1n) is 28.0. The van der Waals surface area contributed by atoms with Crippen molar-refractivity contribution in [3.8, 4) is 11.5 Å². The fourth-order valence-electron chi connectivity index (χ4n) is 9.85. The third-order valence-corrected chi connectivity index (χ3v) is 14.5. The second-order valence-corrected chi connectivity index (χ2v) is 22.0. The Morgan fingerprint density at radius 3 is 0.732 bits per heavy atom. The second kappa shape index (κ2) is 29.6. The van der Waals surface area contributed by atoms with Crippen molar-refractivity contribution in [1.82, 2.24) is 9.97 Å². The van der Waals surface area contributed by atoms with E-state index in [0.29, 0.717) is 34.4 Å². The molecule has 0 spiro atoms. The van der Waals surface area contributed by atoms with Crippen LogP contribution in [-0.2, 0) is 33.6 Å². The minimum absolute atomic E-state index is 0. The number of hydrogen-bond acceptors (Lipinski definition) is 8. The Kier molecular flexibility index (Phi) is 23.6. The number of hydrogen-bond donors (Lipinski definition) is 0. The van der Waals surface area contributed by atoms with Crippen molar-refractivity contribution in [3.63, 3.8) is 0 Å². The molecule has 0 aliphatic rings. The number of rotatable bonds is 12. The molecule has 0 N–H and O–H groups in total. The smallest absolute Gasteiger partial charge is 0.0849 e. The number of para-hydroxylation sites is 4. The van der Waals surface area contributed by atoms with Crippen LogP contribution < -0.4 is 10.2 Å². The molecule has 10 heteroatoms. The average molecular weight is 1180 g/mol. The van der Waals surface area contributed by atoms with Gasteiger partial charge in [0.1, 0.15) is 0 Å². The molecule has 0 aliphatic carbocycles. The summed E-state index contributed by atoms with van der Waals surface area (Å²) in [5, 5.41) is 26.4. The number of aryl methyl sites for hydroxylation is 4. The molecule has 0 saturated carbocycles. The summed E-state index contributed by atoms with van der Waals surface area (Å²) in [6.07, 6.45) is 0. The molecule has 0 fully saturated rings. The van der Waals surface area contributed by atoms with Crippen molar-refractivity contribution < 1.29 is 43.8 Å². The third kappa shape index (κ3) is 15.6.